The summed E-state index contributed by atoms with van der Waals surface area (Å²) in [6.45, 7) is 6.35. The fourth-order valence-corrected chi connectivity index (χ4v) is 1.10. The van der Waals surface area contributed by atoms with Crippen LogP contribution in [0.15, 0.2) is 12.4 Å². The van der Waals surface area contributed by atoms with Gasteiger partial charge in [0, 0.05) is 12.4 Å². The monoisotopic (exact) mass is 150 g/mol. The van der Waals surface area contributed by atoms with Gasteiger partial charge in [-0.1, -0.05) is 13.8 Å². The Morgan fingerprint density at radius 1 is 1.36 bits per heavy atom. The van der Waals surface area contributed by atoms with Crippen molar-refractivity contribution in [3.05, 3.63) is 23.8 Å². The number of hydrogen-bond acceptors (Lipinski definition) is 2. The molecule has 2 heteroatoms. The molecule has 0 aliphatic heterocycles. The van der Waals surface area contributed by atoms with Gasteiger partial charge < -0.3 is 0 Å². The van der Waals surface area contributed by atoms with Crippen LogP contribution in [0.3, 0.4) is 0 Å². The van der Waals surface area contributed by atoms with Crippen molar-refractivity contribution in [3.63, 3.8) is 0 Å². The van der Waals surface area contributed by atoms with Crippen LogP contribution in [0, 0.1) is 6.92 Å². The van der Waals surface area contributed by atoms with Gasteiger partial charge >= 0.3 is 0 Å². The second-order valence-electron chi connectivity index (χ2n) is 2.84. The molecule has 0 spiro atoms. The Kier molecular flexibility index (Phi) is 2.58. The summed E-state index contributed by atoms with van der Waals surface area (Å²) in [7, 11) is 0. The molecule has 0 amide bonds. The van der Waals surface area contributed by atoms with Crippen LogP contribution in [0.2, 0.25) is 0 Å². The lowest BCUT2D eigenvalue weighted by atomic mass is 10.0. The molecule has 60 valence electrons. The fraction of sp³-hybridized carbons (Fsp3) is 0.556. The SMILES string of the molecule is CCC(C)c1nccnc1C. The zero-order chi connectivity index (χ0) is 8.27. The van der Waals surface area contributed by atoms with Crippen molar-refractivity contribution in [1.29, 1.82) is 0 Å². The van der Waals surface area contributed by atoms with Crippen LogP contribution >= 0.6 is 0 Å². The minimum Gasteiger partial charge on any atom is -0.258 e. The summed E-state index contributed by atoms with van der Waals surface area (Å²) in [6, 6.07) is 0. The maximum Gasteiger partial charge on any atom is 0.0643 e. The summed E-state index contributed by atoms with van der Waals surface area (Å²) >= 11 is 0. The quantitative estimate of drug-likeness (QED) is 0.646. The lowest BCUT2D eigenvalue weighted by Crippen LogP contribution is -1.99. The Bertz CT molecular complexity index is 233. The van der Waals surface area contributed by atoms with Crippen LogP contribution in [-0.4, -0.2) is 9.97 Å². The number of hydrogen-bond donors (Lipinski definition) is 0. The van der Waals surface area contributed by atoms with Crippen LogP contribution in [-0.2, 0) is 0 Å². The normalized spacial score (nSPS) is 13.0. The molecule has 11 heavy (non-hydrogen) atoms. The zero-order valence-electron chi connectivity index (χ0n) is 7.33. The van der Waals surface area contributed by atoms with E-state index in [4.69, 9.17) is 0 Å². The molecular weight excluding hydrogens is 136 g/mol. The number of aromatic nitrogens is 2. The van der Waals surface area contributed by atoms with Gasteiger partial charge in [0.1, 0.15) is 0 Å². The fourth-order valence-electron chi connectivity index (χ4n) is 1.10. The maximum absolute atomic E-state index is 4.29. The summed E-state index contributed by atoms with van der Waals surface area (Å²) in [6.07, 6.45) is 4.62. The Labute approximate surface area is 67.7 Å². The first kappa shape index (κ1) is 8.18. The largest absolute Gasteiger partial charge is 0.258 e. The molecule has 2 nitrogen and oxygen atoms in total. The molecule has 1 rings (SSSR count). The molecule has 0 aliphatic rings. The predicted molar refractivity (Wildman–Crippen MR) is 45.5 cm³/mol. The molecule has 1 aromatic heterocycles. The molecule has 0 N–H and O–H groups in total. The van der Waals surface area contributed by atoms with E-state index in [-0.39, 0.29) is 0 Å². The second kappa shape index (κ2) is 3.46. The molecule has 1 heterocycles. The molecule has 0 fully saturated rings. The van der Waals surface area contributed by atoms with E-state index < -0.39 is 0 Å². The van der Waals surface area contributed by atoms with Crippen molar-refractivity contribution in [2.24, 2.45) is 0 Å². The Morgan fingerprint density at radius 2 is 2.00 bits per heavy atom. The average Bonchev–Trinajstić information content (AvgIpc) is 2.04. The first-order valence-corrected chi connectivity index (χ1v) is 4.03. The highest BCUT2D eigenvalue weighted by Gasteiger charge is 2.06. The lowest BCUT2D eigenvalue weighted by molar-refractivity contribution is 0.694. The van der Waals surface area contributed by atoms with Crippen molar-refractivity contribution < 1.29 is 0 Å². The summed E-state index contributed by atoms with van der Waals surface area (Å²) in [5.74, 6) is 0.531. The first-order chi connectivity index (χ1) is 5.25. The van der Waals surface area contributed by atoms with Gasteiger partial charge in [-0.2, -0.15) is 0 Å². The van der Waals surface area contributed by atoms with E-state index >= 15 is 0 Å². The average molecular weight is 150 g/mol. The smallest absolute Gasteiger partial charge is 0.0643 e. The van der Waals surface area contributed by atoms with E-state index in [1.165, 1.54) is 0 Å². The highest BCUT2D eigenvalue weighted by atomic mass is 14.8. The molecule has 0 aromatic carbocycles. The molecule has 0 saturated heterocycles. The highest BCUT2D eigenvalue weighted by molar-refractivity contribution is 5.12. The van der Waals surface area contributed by atoms with Crippen molar-refractivity contribution in [2.75, 3.05) is 0 Å². The van der Waals surface area contributed by atoms with Gasteiger partial charge in [0.15, 0.2) is 0 Å². The van der Waals surface area contributed by atoms with Gasteiger partial charge in [0.05, 0.1) is 11.4 Å². The van der Waals surface area contributed by atoms with E-state index in [0.717, 1.165) is 17.8 Å². The third-order valence-corrected chi connectivity index (χ3v) is 2.00. The Morgan fingerprint density at radius 3 is 2.55 bits per heavy atom. The van der Waals surface area contributed by atoms with Crippen molar-refractivity contribution in [2.45, 2.75) is 33.1 Å². The van der Waals surface area contributed by atoms with Crippen molar-refractivity contribution in [1.82, 2.24) is 9.97 Å². The topological polar surface area (TPSA) is 25.8 Å². The predicted octanol–water partition coefficient (Wildman–Crippen LogP) is 2.30. The minimum absolute atomic E-state index is 0.531. The molecule has 1 atom stereocenters. The minimum atomic E-state index is 0.531. The standard InChI is InChI=1S/C9H14N2/c1-4-7(2)9-8(3)10-5-6-11-9/h5-7H,4H2,1-3H3. The van der Waals surface area contributed by atoms with Crippen LogP contribution in [0.25, 0.3) is 0 Å². The van der Waals surface area contributed by atoms with Gasteiger partial charge in [-0.15, -0.1) is 0 Å². The molecule has 0 bridgehead atoms. The Balaban J connectivity index is 2.93. The highest BCUT2D eigenvalue weighted by Crippen LogP contribution is 2.17. The van der Waals surface area contributed by atoms with Gasteiger partial charge in [-0.3, -0.25) is 9.97 Å². The van der Waals surface area contributed by atoms with E-state index in [0.29, 0.717) is 5.92 Å². The molecule has 0 saturated carbocycles. The van der Waals surface area contributed by atoms with Crippen LogP contribution in [0.5, 0.6) is 0 Å². The van der Waals surface area contributed by atoms with Gasteiger partial charge in [0.25, 0.3) is 0 Å². The number of nitrogens with zero attached hydrogens (tertiary/aromatic N) is 2. The Hall–Kier alpha value is -0.920. The van der Waals surface area contributed by atoms with Crippen molar-refractivity contribution in [3.8, 4) is 0 Å². The van der Waals surface area contributed by atoms with E-state index in [2.05, 4.69) is 23.8 Å². The molecule has 0 aliphatic carbocycles. The summed E-state index contributed by atoms with van der Waals surface area (Å²) in [4.78, 5) is 8.47. The third-order valence-electron chi connectivity index (χ3n) is 2.00. The van der Waals surface area contributed by atoms with Gasteiger partial charge in [-0.25, -0.2) is 0 Å². The van der Waals surface area contributed by atoms with E-state index in [1.807, 2.05) is 6.92 Å². The van der Waals surface area contributed by atoms with Crippen LogP contribution < -0.4 is 0 Å². The molecule has 0 radical (unpaired) electrons. The first-order valence-electron chi connectivity index (χ1n) is 4.03. The van der Waals surface area contributed by atoms with E-state index in [1.54, 1.807) is 12.4 Å². The van der Waals surface area contributed by atoms with Gasteiger partial charge in [-0.05, 0) is 19.3 Å². The number of aryl methyl sites for hydroxylation is 1. The van der Waals surface area contributed by atoms with Crippen LogP contribution in [0.1, 0.15) is 37.6 Å². The lowest BCUT2D eigenvalue weighted by Gasteiger charge is -2.08. The maximum atomic E-state index is 4.29. The molecule has 1 unspecified atom stereocenters. The van der Waals surface area contributed by atoms with Crippen LogP contribution in [0.4, 0.5) is 0 Å². The second-order valence-corrected chi connectivity index (χ2v) is 2.84. The zero-order valence-corrected chi connectivity index (χ0v) is 7.33. The van der Waals surface area contributed by atoms with Crippen molar-refractivity contribution >= 4 is 0 Å². The number of rotatable bonds is 2. The molecule has 1 aromatic rings. The van der Waals surface area contributed by atoms with Gasteiger partial charge in [0.2, 0.25) is 0 Å². The molecular formula is C9H14N2. The summed E-state index contributed by atoms with van der Waals surface area (Å²) in [5.41, 5.74) is 2.19. The summed E-state index contributed by atoms with van der Waals surface area (Å²) < 4.78 is 0. The summed E-state index contributed by atoms with van der Waals surface area (Å²) in [5, 5.41) is 0. The third kappa shape index (κ3) is 1.76. The van der Waals surface area contributed by atoms with E-state index in [9.17, 15) is 0 Å².